The van der Waals surface area contributed by atoms with Gasteiger partial charge in [-0.05, 0) is 18.8 Å². The van der Waals surface area contributed by atoms with E-state index < -0.39 is 5.97 Å². The number of aliphatic carboxylic acids is 1. The molecular weight excluding hydrogens is 286 g/mol. The summed E-state index contributed by atoms with van der Waals surface area (Å²) in [6.45, 7) is 6.09. The molecule has 2 aliphatic heterocycles. The maximum atomic E-state index is 12.3. The first-order valence-electron chi connectivity index (χ1n) is 8.20. The molecule has 1 N–H and O–H groups in total. The quantitative estimate of drug-likeness (QED) is 0.726. The van der Waals surface area contributed by atoms with Crippen LogP contribution in [0, 0.1) is 5.92 Å². The highest BCUT2D eigenvalue weighted by Crippen LogP contribution is 2.35. The van der Waals surface area contributed by atoms with Gasteiger partial charge < -0.3 is 14.7 Å². The molecule has 0 aromatic heterocycles. The van der Waals surface area contributed by atoms with Crippen LogP contribution in [-0.4, -0.2) is 96.8 Å². The van der Waals surface area contributed by atoms with Crippen LogP contribution in [0.3, 0.4) is 0 Å². The van der Waals surface area contributed by atoms with Crippen molar-refractivity contribution in [3.05, 3.63) is 0 Å². The lowest BCUT2D eigenvalue weighted by Crippen LogP contribution is -2.56. The van der Waals surface area contributed by atoms with E-state index in [1.807, 2.05) is 9.80 Å². The number of nitrogens with zero attached hydrogens (tertiary/aromatic N) is 3. The molecule has 1 aliphatic carbocycles. The van der Waals surface area contributed by atoms with Gasteiger partial charge in [-0.3, -0.25) is 19.4 Å². The Morgan fingerprint density at radius 1 is 1.05 bits per heavy atom. The molecular formula is C15H25N3O4. The lowest BCUT2D eigenvalue weighted by atomic mass is 10.1. The first kappa shape index (κ1) is 15.7. The second-order valence-corrected chi connectivity index (χ2v) is 6.43. The smallest absolute Gasteiger partial charge is 0.321 e. The fourth-order valence-electron chi connectivity index (χ4n) is 3.37. The van der Waals surface area contributed by atoms with Gasteiger partial charge in [0, 0.05) is 39.3 Å². The molecule has 3 aliphatic rings. The number of carbonyl (C=O) groups is 2. The van der Waals surface area contributed by atoms with Crippen molar-refractivity contribution >= 4 is 11.9 Å². The molecule has 1 saturated carbocycles. The molecule has 0 bridgehead atoms. The summed E-state index contributed by atoms with van der Waals surface area (Å²) < 4.78 is 5.29. The molecule has 2 heterocycles. The molecule has 124 valence electrons. The third kappa shape index (κ3) is 3.77. The van der Waals surface area contributed by atoms with Crippen LogP contribution in [0.1, 0.15) is 12.8 Å². The van der Waals surface area contributed by atoms with Crippen molar-refractivity contribution in [2.45, 2.75) is 18.9 Å². The molecule has 0 spiro atoms. The Balaban J connectivity index is 1.46. The summed E-state index contributed by atoms with van der Waals surface area (Å²) in [7, 11) is 0. The van der Waals surface area contributed by atoms with E-state index in [1.54, 1.807) is 0 Å². The van der Waals surface area contributed by atoms with E-state index in [2.05, 4.69) is 4.90 Å². The molecule has 2 saturated heterocycles. The van der Waals surface area contributed by atoms with Crippen LogP contribution in [0.5, 0.6) is 0 Å². The van der Waals surface area contributed by atoms with Crippen molar-refractivity contribution in [3.63, 3.8) is 0 Å². The average molecular weight is 311 g/mol. The second kappa shape index (κ2) is 6.93. The molecule has 1 atom stereocenters. The van der Waals surface area contributed by atoms with Crippen molar-refractivity contribution in [2.75, 3.05) is 59.0 Å². The number of amides is 1. The standard InChI is InChI=1S/C15H25N3O4/c19-13(11-16-7-9-22-10-8-16)17-3-5-18(6-4-17)14(15(20)21)12-1-2-12/h12,14H,1-11H2,(H,20,21). The second-order valence-electron chi connectivity index (χ2n) is 6.43. The number of hydrogen-bond donors (Lipinski definition) is 1. The van der Waals surface area contributed by atoms with E-state index in [1.165, 1.54) is 0 Å². The SMILES string of the molecule is O=C(O)C(C1CC1)N1CCN(C(=O)CN2CCOCC2)CC1. The highest BCUT2D eigenvalue weighted by Gasteiger charge is 2.41. The molecule has 3 fully saturated rings. The van der Waals surface area contributed by atoms with Crippen LogP contribution >= 0.6 is 0 Å². The summed E-state index contributed by atoms with van der Waals surface area (Å²) in [6, 6.07) is -0.350. The van der Waals surface area contributed by atoms with Gasteiger partial charge in [0.1, 0.15) is 6.04 Å². The third-order valence-corrected chi connectivity index (χ3v) is 4.84. The van der Waals surface area contributed by atoms with Gasteiger partial charge in [0.25, 0.3) is 0 Å². The zero-order chi connectivity index (χ0) is 15.5. The molecule has 7 nitrogen and oxygen atoms in total. The lowest BCUT2D eigenvalue weighted by molar-refractivity contribution is -0.146. The van der Waals surface area contributed by atoms with Crippen molar-refractivity contribution in [2.24, 2.45) is 5.92 Å². The van der Waals surface area contributed by atoms with E-state index in [0.29, 0.717) is 51.9 Å². The van der Waals surface area contributed by atoms with E-state index in [0.717, 1.165) is 25.9 Å². The fourth-order valence-corrected chi connectivity index (χ4v) is 3.37. The molecule has 0 aromatic carbocycles. The topological polar surface area (TPSA) is 73.3 Å². The number of piperazine rings is 1. The van der Waals surface area contributed by atoms with Gasteiger partial charge >= 0.3 is 5.97 Å². The van der Waals surface area contributed by atoms with Gasteiger partial charge in [-0.25, -0.2) is 0 Å². The molecule has 3 rings (SSSR count). The van der Waals surface area contributed by atoms with Gasteiger partial charge in [-0.2, -0.15) is 0 Å². The van der Waals surface area contributed by atoms with Gasteiger partial charge in [0.05, 0.1) is 19.8 Å². The summed E-state index contributed by atoms with van der Waals surface area (Å²) in [5, 5.41) is 9.39. The Morgan fingerprint density at radius 2 is 1.68 bits per heavy atom. The molecule has 0 radical (unpaired) electrons. The van der Waals surface area contributed by atoms with Crippen molar-refractivity contribution in [1.29, 1.82) is 0 Å². The Morgan fingerprint density at radius 3 is 2.23 bits per heavy atom. The molecule has 1 unspecified atom stereocenters. The lowest BCUT2D eigenvalue weighted by Gasteiger charge is -2.38. The van der Waals surface area contributed by atoms with Gasteiger partial charge in [0.2, 0.25) is 5.91 Å². The Labute approximate surface area is 130 Å². The highest BCUT2D eigenvalue weighted by molar-refractivity contribution is 5.78. The average Bonchev–Trinajstić information content (AvgIpc) is 3.33. The van der Waals surface area contributed by atoms with Crippen LogP contribution in [0.2, 0.25) is 0 Å². The number of carboxylic acids is 1. The van der Waals surface area contributed by atoms with E-state index in [9.17, 15) is 14.7 Å². The molecule has 1 amide bonds. The largest absolute Gasteiger partial charge is 0.480 e. The molecule has 7 heteroatoms. The van der Waals surface area contributed by atoms with E-state index >= 15 is 0 Å². The zero-order valence-electron chi connectivity index (χ0n) is 12.9. The van der Waals surface area contributed by atoms with Crippen molar-refractivity contribution in [1.82, 2.24) is 14.7 Å². The maximum absolute atomic E-state index is 12.3. The number of morpholine rings is 1. The Bertz CT molecular complexity index is 413. The van der Waals surface area contributed by atoms with Gasteiger partial charge in [0.15, 0.2) is 0 Å². The Hall–Kier alpha value is -1.18. The number of rotatable bonds is 5. The first-order valence-corrected chi connectivity index (χ1v) is 8.20. The minimum absolute atomic E-state index is 0.153. The predicted molar refractivity (Wildman–Crippen MR) is 79.6 cm³/mol. The number of carboxylic acid groups (broad SMARTS) is 1. The monoisotopic (exact) mass is 311 g/mol. The van der Waals surface area contributed by atoms with Crippen LogP contribution in [0.15, 0.2) is 0 Å². The molecule has 22 heavy (non-hydrogen) atoms. The fraction of sp³-hybridized carbons (Fsp3) is 0.867. The summed E-state index contributed by atoms with van der Waals surface area (Å²) in [4.78, 5) is 29.8. The maximum Gasteiger partial charge on any atom is 0.321 e. The summed E-state index contributed by atoms with van der Waals surface area (Å²) >= 11 is 0. The third-order valence-electron chi connectivity index (χ3n) is 4.84. The number of hydrogen-bond acceptors (Lipinski definition) is 5. The minimum atomic E-state index is -0.712. The normalized spacial score (nSPS) is 25.9. The Kier molecular flexibility index (Phi) is 4.95. The van der Waals surface area contributed by atoms with Gasteiger partial charge in [-0.1, -0.05) is 0 Å². The first-order chi connectivity index (χ1) is 10.6. The van der Waals surface area contributed by atoms with Crippen LogP contribution in [-0.2, 0) is 14.3 Å². The predicted octanol–water partition coefficient (Wildman–Crippen LogP) is -0.674. The summed E-state index contributed by atoms with van der Waals surface area (Å²) in [6.07, 6.45) is 2.04. The van der Waals surface area contributed by atoms with Crippen LogP contribution in [0.25, 0.3) is 0 Å². The molecule has 0 aromatic rings. The number of carbonyl (C=O) groups excluding carboxylic acids is 1. The summed E-state index contributed by atoms with van der Waals surface area (Å²) in [5.41, 5.74) is 0. The van der Waals surface area contributed by atoms with Crippen molar-refractivity contribution in [3.8, 4) is 0 Å². The minimum Gasteiger partial charge on any atom is -0.480 e. The highest BCUT2D eigenvalue weighted by atomic mass is 16.5. The van der Waals surface area contributed by atoms with Gasteiger partial charge in [-0.15, -0.1) is 0 Å². The van der Waals surface area contributed by atoms with E-state index in [4.69, 9.17) is 4.74 Å². The van der Waals surface area contributed by atoms with Crippen LogP contribution < -0.4 is 0 Å². The summed E-state index contributed by atoms with van der Waals surface area (Å²) in [5.74, 6) is -0.247. The zero-order valence-corrected chi connectivity index (χ0v) is 12.9. The van der Waals surface area contributed by atoms with E-state index in [-0.39, 0.29) is 11.9 Å². The van der Waals surface area contributed by atoms with Crippen molar-refractivity contribution < 1.29 is 19.4 Å². The van der Waals surface area contributed by atoms with Crippen LogP contribution in [0.4, 0.5) is 0 Å². The number of ether oxygens (including phenoxy) is 1.